The van der Waals surface area contributed by atoms with E-state index in [1.807, 2.05) is 55.4 Å². The van der Waals surface area contributed by atoms with E-state index in [0.29, 0.717) is 24.3 Å². The molecule has 5 heteroatoms. The van der Waals surface area contributed by atoms with Gasteiger partial charge in [-0.25, -0.2) is 9.59 Å². The number of ether oxygens (including phenoxy) is 2. The Hall–Kier alpha value is -1.36. The summed E-state index contributed by atoms with van der Waals surface area (Å²) in [5.74, 6) is -0.773. The number of hydrogen-bond acceptors (Lipinski definition) is 5. The zero-order valence-corrected chi connectivity index (χ0v) is 16.9. The Balaban J connectivity index is 3.05. The van der Waals surface area contributed by atoms with Crippen molar-refractivity contribution in [2.24, 2.45) is 10.8 Å². The van der Waals surface area contributed by atoms with Gasteiger partial charge in [0.25, 0.3) is 0 Å². The molecule has 0 aliphatic heterocycles. The first-order chi connectivity index (χ1) is 10.8. The van der Waals surface area contributed by atoms with Crippen molar-refractivity contribution in [3.05, 3.63) is 21.4 Å². The maximum Gasteiger partial charge on any atom is 0.340 e. The molecule has 136 valence electrons. The molecule has 1 aromatic heterocycles. The Bertz CT molecular complexity index is 585. The lowest BCUT2D eigenvalue weighted by molar-refractivity contribution is 0.0323. The number of hydrogen-bond donors (Lipinski definition) is 0. The Morgan fingerprint density at radius 1 is 0.958 bits per heavy atom. The second-order valence-corrected chi connectivity index (χ2v) is 9.73. The van der Waals surface area contributed by atoms with Gasteiger partial charge >= 0.3 is 11.9 Å². The summed E-state index contributed by atoms with van der Waals surface area (Å²) in [4.78, 5) is 25.9. The Morgan fingerprint density at radius 2 is 1.42 bits per heavy atom. The SMILES string of the molecule is CC(C)c1scc(C(=O)OCC(C)(C)C)c1C(=O)OCC(C)(C)C. The lowest BCUT2D eigenvalue weighted by Gasteiger charge is -2.19. The smallest absolute Gasteiger partial charge is 0.340 e. The molecule has 0 aliphatic carbocycles. The highest BCUT2D eigenvalue weighted by Crippen LogP contribution is 2.31. The molecule has 0 bridgehead atoms. The predicted octanol–water partition coefficient (Wildman–Crippen LogP) is 5.28. The first-order valence-corrected chi connectivity index (χ1v) is 9.15. The Kier molecular flexibility index (Phi) is 6.62. The van der Waals surface area contributed by atoms with E-state index in [1.165, 1.54) is 11.3 Å². The van der Waals surface area contributed by atoms with Crippen molar-refractivity contribution >= 4 is 23.3 Å². The minimum absolute atomic E-state index is 0.126. The molecule has 0 amide bonds. The predicted molar refractivity (Wildman–Crippen MR) is 97.9 cm³/mol. The van der Waals surface area contributed by atoms with Gasteiger partial charge in [0.2, 0.25) is 0 Å². The molecule has 4 nitrogen and oxygen atoms in total. The summed E-state index contributed by atoms with van der Waals surface area (Å²) in [7, 11) is 0. The van der Waals surface area contributed by atoms with Gasteiger partial charge < -0.3 is 9.47 Å². The second-order valence-electron chi connectivity index (χ2n) is 8.82. The second kappa shape index (κ2) is 7.68. The molecule has 1 aromatic rings. The van der Waals surface area contributed by atoms with Crippen LogP contribution in [0.3, 0.4) is 0 Å². The molecule has 0 unspecified atom stereocenters. The zero-order chi connectivity index (χ0) is 18.7. The molecule has 0 saturated carbocycles. The Morgan fingerprint density at radius 3 is 1.83 bits per heavy atom. The fraction of sp³-hybridized carbons (Fsp3) is 0.684. The van der Waals surface area contributed by atoms with E-state index in [1.54, 1.807) is 5.38 Å². The summed E-state index contributed by atoms with van der Waals surface area (Å²) < 4.78 is 10.8. The third kappa shape index (κ3) is 6.27. The van der Waals surface area contributed by atoms with Crippen molar-refractivity contribution in [3.8, 4) is 0 Å². The molecule has 24 heavy (non-hydrogen) atoms. The van der Waals surface area contributed by atoms with E-state index in [-0.39, 0.29) is 16.7 Å². The molecule has 0 spiro atoms. The molecule has 0 aliphatic rings. The Labute approximate surface area is 149 Å². The van der Waals surface area contributed by atoms with Crippen LogP contribution >= 0.6 is 11.3 Å². The summed E-state index contributed by atoms with van der Waals surface area (Å²) in [6.07, 6.45) is 0. The largest absolute Gasteiger partial charge is 0.461 e. The van der Waals surface area contributed by atoms with Crippen LogP contribution in [0.4, 0.5) is 0 Å². The average Bonchev–Trinajstić information content (AvgIpc) is 2.85. The molecular weight excluding hydrogens is 324 g/mol. The van der Waals surface area contributed by atoms with Crippen LogP contribution in [0.5, 0.6) is 0 Å². The van der Waals surface area contributed by atoms with E-state index in [9.17, 15) is 9.59 Å². The van der Waals surface area contributed by atoms with Gasteiger partial charge in [-0.2, -0.15) is 0 Å². The quantitative estimate of drug-likeness (QED) is 0.675. The highest BCUT2D eigenvalue weighted by molar-refractivity contribution is 7.10. The van der Waals surface area contributed by atoms with Gasteiger partial charge in [-0.1, -0.05) is 55.4 Å². The number of rotatable bonds is 5. The lowest BCUT2D eigenvalue weighted by atomic mass is 9.98. The maximum absolute atomic E-state index is 12.6. The first kappa shape index (κ1) is 20.7. The van der Waals surface area contributed by atoms with Crippen molar-refractivity contribution in [1.82, 2.24) is 0 Å². The molecule has 0 saturated heterocycles. The fourth-order valence-electron chi connectivity index (χ4n) is 1.87. The lowest BCUT2D eigenvalue weighted by Crippen LogP contribution is -2.22. The minimum atomic E-state index is -0.462. The summed E-state index contributed by atoms with van der Waals surface area (Å²) >= 11 is 1.41. The molecule has 0 fully saturated rings. The van der Waals surface area contributed by atoms with Crippen LogP contribution in [0.15, 0.2) is 5.38 Å². The highest BCUT2D eigenvalue weighted by atomic mass is 32.1. The molecule has 1 heterocycles. The van der Waals surface area contributed by atoms with Crippen LogP contribution in [-0.2, 0) is 9.47 Å². The summed E-state index contributed by atoms with van der Waals surface area (Å²) in [6.45, 7) is 16.6. The highest BCUT2D eigenvalue weighted by Gasteiger charge is 2.28. The van der Waals surface area contributed by atoms with Gasteiger partial charge in [0, 0.05) is 10.3 Å². The maximum atomic E-state index is 12.6. The summed E-state index contributed by atoms with van der Waals surface area (Å²) in [5.41, 5.74) is 0.417. The molecule has 1 rings (SSSR count). The van der Waals surface area contributed by atoms with Crippen LogP contribution < -0.4 is 0 Å². The number of esters is 2. The number of thiophene rings is 1. The van der Waals surface area contributed by atoms with Crippen LogP contribution in [0.2, 0.25) is 0 Å². The van der Waals surface area contributed by atoms with Gasteiger partial charge in [-0.15, -0.1) is 11.3 Å². The summed E-state index contributed by atoms with van der Waals surface area (Å²) in [6, 6.07) is 0. The monoisotopic (exact) mass is 354 g/mol. The minimum Gasteiger partial charge on any atom is -0.461 e. The van der Waals surface area contributed by atoms with Crippen molar-refractivity contribution in [2.75, 3.05) is 13.2 Å². The topological polar surface area (TPSA) is 52.6 Å². The van der Waals surface area contributed by atoms with Crippen LogP contribution in [0.25, 0.3) is 0 Å². The van der Waals surface area contributed by atoms with E-state index >= 15 is 0 Å². The third-order valence-electron chi connectivity index (χ3n) is 3.04. The van der Waals surface area contributed by atoms with Crippen LogP contribution in [0.1, 0.15) is 86.9 Å². The first-order valence-electron chi connectivity index (χ1n) is 8.27. The molecular formula is C19H30O4S. The van der Waals surface area contributed by atoms with Gasteiger partial charge in [0.1, 0.15) is 0 Å². The van der Waals surface area contributed by atoms with Crippen molar-refractivity contribution in [2.45, 2.75) is 61.3 Å². The van der Waals surface area contributed by atoms with Gasteiger partial charge in [-0.3, -0.25) is 0 Å². The zero-order valence-electron chi connectivity index (χ0n) is 16.1. The molecule has 0 atom stereocenters. The van der Waals surface area contributed by atoms with Gasteiger partial charge in [0.05, 0.1) is 24.3 Å². The molecule has 0 aromatic carbocycles. The van der Waals surface area contributed by atoms with E-state index in [2.05, 4.69) is 0 Å². The molecule has 0 N–H and O–H groups in total. The van der Waals surface area contributed by atoms with Crippen molar-refractivity contribution < 1.29 is 19.1 Å². The van der Waals surface area contributed by atoms with Crippen molar-refractivity contribution in [3.63, 3.8) is 0 Å². The van der Waals surface area contributed by atoms with E-state index in [0.717, 1.165) is 4.88 Å². The van der Waals surface area contributed by atoms with E-state index in [4.69, 9.17) is 9.47 Å². The van der Waals surface area contributed by atoms with E-state index < -0.39 is 11.9 Å². The fourth-order valence-corrected chi connectivity index (χ4v) is 2.91. The average molecular weight is 355 g/mol. The van der Waals surface area contributed by atoms with Crippen molar-refractivity contribution in [1.29, 1.82) is 0 Å². The normalized spacial score (nSPS) is 12.4. The van der Waals surface area contributed by atoms with Crippen LogP contribution in [0, 0.1) is 10.8 Å². The summed E-state index contributed by atoms with van der Waals surface area (Å²) in [5, 5.41) is 1.70. The third-order valence-corrected chi connectivity index (χ3v) is 4.32. The van der Waals surface area contributed by atoms with Gasteiger partial charge in [-0.05, 0) is 16.7 Å². The van der Waals surface area contributed by atoms with Gasteiger partial charge in [0.15, 0.2) is 0 Å². The molecule has 0 radical (unpaired) electrons. The number of carbonyl (C=O) groups is 2. The number of carbonyl (C=O) groups excluding carboxylic acids is 2. The standard InChI is InChI=1S/C19H30O4S/c1-12(2)15-14(17(21)23-11-19(6,7)8)13(9-24-15)16(20)22-10-18(3,4)5/h9,12H,10-11H2,1-8H3. The van der Waals surface area contributed by atoms with Crippen LogP contribution in [-0.4, -0.2) is 25.2 Å².